The summed E-state index contributed by atoms with van der Waals surface area (Å²) in [6.07, 6.45) is 3.12. The quantitative estimate of drug-likeness (QED) is 0.415. The number of unbranched alkanes of at least 4 members (excludes halogenated alkanes) is 1. The van der Waals surface area contributed by atoms with Gasteiger partial charge in [0.15, 0.2) is 5.78 Å². The van der Waals surface area contributed by atoms with Crippen LogP contribution in [0.15, 0.2) is 47.5 Å². The van der Waals surface area contributed by atoms with Gasteiger partial charge in [-0.1, -0.05) is 57.2 Å². The summed E-state index contributed by atoms with van der Waals surface area (Å²) >= 11 is 1.25. The van der Waals surface area contributed by atoms with Crippen LogP contribution in [0.2, 0.25) is 0 Å². The van der Waals surface area contributed by atoms with E-state index in [-0.39, 0.29) is 24.0 Å². The first-order valence-electron chi connectivity index (χ1n) is 10.5. The number of hydrogen-bond acceptors (Lipinski definition) is 5. The molecule has 1 aliphatic rings. The van der Waals surface area contributed by atoms with Crippen molar-refractivity contribution in [1.29, 1.82) is 0 Å². The summed E-state index contributed by atoms with van der Waals surface area (Å²) in [4.78, 5) is 44.3. The fourth-order valence-corrected chi connectivity index (χ4v) is 4.64. The number of benzene rings is 1. The normalized spacial score (nSPS) is 16.5. The zero-order valence-electron chi connectivity index (χ0n) is 17.8. The van der Waals surface area contributed by atoms with Crippen LogP contribution in [0.25, 0.3) is 0 Å². The Morgan fingerprint density at radius 2 is 1.90 bits per heavy atom. The van der Waals surface area contributed by atoms with E-state index in [0.717, 1.165) is 25.0 Å². The lowest BCUT2D eigenvalue weighted by Gasteiger charge is -2.16. The van der Waals surface area contributed by atoms with E-state index in [4.69, 9.17) is 4.98 Å². The highest BCUT2D eigenvalue weighted by Gasteiger charge is 2.40. The molecule has 158 valence electrons. The van der Waals surface area contributed by atoms with E-state index in [1.54, 1.807) is 24.3 Å². The summed E-state index contributed by atoms with van der Waals surface area (Å²) in [5, 5.41) is -0.00690. The number of thioether (sulfide) groups is 1. The molecule has 30 heavy (non-hydrogen) atoms. The number of carbonyl (C=O) groups excluding carboxylic acids is 3. The first kappa shape index (κ1) is 22.2. The summed E-state index contributed by atoms with van der Waals surface area (Å²) in [7, 11) is 0. The number of aromatic nitrogens is 1. The molecule has 0 N–H and O–H groups in total. The number of ketones is 1. The molecule has 0 spiro atoms. The van der Waals surface area contributed by atoms with Crippen LogP contribution >= 0.6 is 11.8 Å². The van der Waals surface area contributed by atoms with Gasteiger partial charge in [-0.3, -0.25) is 14.4 Å². The molecule has 2 heterocycles. The minimum Gasteiger partial charge on any atom is -0.294 e. The van der Waals surface area contributed by atoms with Gasteiger partial charge in [0.2, 0.25) is 11.8 Å². The van der Waals surface area contributed by atoms with E-state index in [9.17, 15) is 14.4 Å². The van der Waals surface area contributed by atoms with E-state index in [1.807, 2.05) is 25.1 Å². The standard InChI is InChI=1S/C24H28N2O3S/c1-4-5-11-20(27)19-13-12-17(14-16(2)3)25-23(19)30-21-15-22(28)26(24(21)29)18-9-7-6-8-10-18/h6-10,12-13,16,21H,4-5,11,14-15H2,1-3H3. The monoisotopic (exact) mass is 424 g/mol. The smallest absolute Gasteiger partial charge is 0.247 e. The first-order chi connectivity index (χ1) is 14.4. The molecular weight excluding hydrogens is 396 g/mol. The number of nitrogens with zero attached hydrogens (tertiary/aromatic N) is 2. The van der Waals surface area contributed by atoms with Gasteiger partial charge in [-0.25, -0.2) is 9.88 Å². The molecule has 1 aromatic carbocycles. The molecule has 0 saturated carbocycles. The van der Waals surface area contributed by atoms with Crippen LogP contribution in [0.4, 0.5) is 5.69 Å². The third-order valence-corrected chi connectivity index (χ3v) is 6.15. The third kappa shape index (κ3) is 5.17. The Kier molecular flexibility index (Phi) is 7.43. The van der Waals surface area contributed by atoms with Gasteiger partial charge in [-0.15, -0.1) is 0 Å². The van der Waals surface area contributed by atoms with Crippen LogP contribution in [0.3, 0.4) is 0 Å². The predicted molar refractivity (Wildman–Crippen MR) is 120 cm³/mol. The average Bonchev–Trinajstić information content (AvgIpc) is 2.99. The SMILES string of the molecule is CCCCC(=O)c1ccc(CC(C)C)nc1SC1CC(=O)N(c2ccccc2)C1=O. The molecule has 1 aliphatic heterocycles. The molecule has 1 fully saturated rings. The van der Waals surface area contributed by atoms with E-state index >= 15 is 0 Å². The predicted octanol–water partition coefficient (Wildman–Crippen LogP) is 5.08. The number of rotatable bonds is 9. The second kappa shape index (κ2) is 10.0. The lowest BCUT2D eigenvalue weighted by molar-refractivity contribution is -0.121. The number of Topliss-reactive ketones (excluding diaryl/α,β-unsaturated/α-hetero) is 1. The minimum atomic E-state index is -0.572. The molecule has 2 amide bonds. The summed E-state index contributed by atoms with van der Waals surface area (Å²) in [5.74, 6) is 0.00000423. The van der Waals surface area contributed by atoms with Crippen LogP contribution in [0.1, 0.15) is 62.5 Å². The first-order valence-corrected chi connectivity index (χ1v) is 11.4. The molecule has 2 aromatic rings. The minimum absolute atomic E-state index is 0.0413. The van der Waals surface area contributed by atoms with Gasteiger partial charge in [0.05, 0.1) is 10.9 Å². The molecule has 3 rings (SSSR count). The van der Waals surface area contributed by atoms with Crippen molar-refractivity contribution < 1.29 is 14.4 Å². The van der Waals surface area contributed by atoms with Crippen molar-refractivity contribution in [1.82, 2.24) is 4.98 Å². The lowest BCUT2D eigenvalue weighted by atomic mass is 10.0. The Hall–Kier alpha value is -2.47. The summed E-state index contributed by atoms with van der Waals surface area (Å²) < 4.78 is 0. The van der Waals surface area contributed by atoms with Gasteiger partial charge >= 0.3 is 0 Å². The fraction of sp³-hybridized carbons (Fsp3) is 0.417. The largest absolute Gasteiger partial charge is 0.294 e. The van der Waals surface area contributed by atoms with Crippen LogP contribution in [0, 0.1) is 5.92 Å². The topological polar surface area (TPSA) is 67.3 Å². The maximum absolute atomic E-state index is 13.0. The molecule has 0 aliphatic carbocycles. The molecule has 1 unspecified atom stereocenters. The highest BCUT2D eigenvalue weighted by molar-refractivity contribution is 8.00. The van der Waals surface area contributed by atoms with Gasteiger partial charge in [-0.2, -0.15) is 0 Å². The fourth-order valence-electron chi connectivity index (χ4n) is 3.46. The van der Waals surface area contributed by atoms with Crippen molar-refractivity contribution in [2.24, 2.45) is 5.92 Å². The Bertz CT molecular complexity index is 927. The van der Waals surface area contributed by atoms with Gasteiger partial charge in [0.25, 0.3) is 0 Å². The van der Waals surface area contributed by atoms with Crippen LogP contribution in [-0.2, 0) is 16.0 Å². The van der Waals surface area contributed by atoms with Gasteiger partial charge < -0.3 is 0 Å². The number of carbonyl (C=O) groups is 3. The lowest BCUT2D eigenvalue weighted by Crippen LogP contribution is -2.31. The van der Waals surface area contributed by atoms with Crippen molar-refractivity contribution >= 4 is 35.0 Å². The molecule has 5 nitrogen and oxygen atoms in total. The average molecular weight is 425 g/mol. The molecule has 1 atom stereocenters. The van der Waals surface area contributed by atoms with Gasteiger partial charge in [0, 0.05) is 24.1 Å². The van der Waals surface area contributed by atoms with Crippen LogP contribution in [-0.4, -0.2) is 27.8 Å². The van der Waals surface area contributed by atoms with Gasteiger partial charge in [-0.05, 0) is 43.0 Å². The van der Waals surface area contributed by atoms with Crippen molar-refractivity contribution in [3.8, 4) is 0 Å². The number of amides is 2. The summed E-state index contributed by atoms with van der Waals surface area (Å²) in [5.41, 5.74) is 2.03. The zero-order valence-corrected chi connectivity index (χ0v) is 18.6. The van der Waals surface area contributed by atoms with E-state index in [0.29, 0.717) is 28.6 Å². The number of anilines is 1. The highest BCUT2D eigenvalue weighted by Crippen LogP contribution is 2.35. The second-order valence-electron chi connectivity index (χ2n) is 7.99. The Morgan fingerprint density at radius 3 is 2.57 bits per heavy atom. The molecule has 1 saturated heterocycles. The number of imide groups is 1. The van der Waals surface area contributed by atoms with E-state index in [1.165, 1.54) is 16.7 Å². The second-order valence-corrected chi connectivity index (χ2v) is 9.18. The number of pyridine rings is 1. The van der Waals surface area contributed by atoms with E-state index in [2.05, 4.69) is 13.8 Å². The van der Waals surface area contributed by atoms with Crippen molar-refractivity contribution in [2.45, 2.75) is 63.2 Å². The Morgan fingerprint density at radius 1 is 1.17 bits per heavy atom. The highest BCUT2D eigenvalue weighted by atomic mass is 32.2. The summed E-state index contributed by atoms with van der Waals surface area (Å²) in [6, 6.07) is 12.7. The maximum atomic E-state index is 13.0. The van der Waals surface area contributed by atoms with Crippen molar-refractivity contribution in [2.75, 3.05) is 4.90 Å². The Labute approximate surface area is 182 Å². The van der Waals surface area contributed by atoms with Crippen molar-refractivity contribution in [3.05, 3.63) is 53.7 Å². The molecular formula is C24H28N2O3S. The van der Waals surface area contributed by atoms with Crippen molar-refractivity contribution in [3.63, 3.8) is 0 Å². The number of para-hydroxylation sites is 1. The van der Waals surface area contributed by atoms with Crippen LogP contribution < -0.4 is 4.90 Å². The molecule has 1 aromatic heterocycles. The zero-order chi connectivity index (χ0) is 21.7. The Balaban J connectivity index is 1.87. The van der Waals surface area contributed by atoms with Crippen LogP contribution in [0.5, 0.6) is 0 Å². The molecule has 0 radical (unpaired) electrons. The molecule has 0 bridgehead atoms. The molecule has 6 heteroatoms. The number of hydrogen-bond donors (Lipinski definition) is 0. The maximum Gasteiger partial charge on any atom is 0.247 e. The van der Waals surface area contributed by atoms with E-state index < -0.39 is 5.25 Å². The summed E-state index contributed by atoms with van der Waals surface area (Å²) in [6.45, 7) is 6.28. The van der Waals surface area contributed by atoms with Gasteiger partial charge in [0.1, 0.15) is 5.03 Å². The third-order valence-electron chi connectivity index (χ3n) is 4.97.